The van der Waals surface area contributed by atoms with Crippen LogP contribution in [0.15, 0.2) is 58.3 Å². The maximum absolute atomic E-state index is 13.5. The molecule has 2 aromatic carbocycles. The van der Waals surface area contributed by atoms with Crippen LogP contribution in [0.5, 0.6) is 5.75 Å². The van der Waals surface area contributed by atoms with E-state index in [0.29, 0.717) is 23.7 Å². The van der Waals surface area contributed by atoms with Crippen LogP contribution in [0.25, 0.3) is 11.1 Å². The van der Waals surface area contributed by atoms with Gasteiger partial charge in [0.15, 0.2) is 0 Å². The Morgan fingerprint density at radius 3 is 2.38 bits per heavy atom. The topological polar surface area (TPSA) is 53.2 Å². The maximum Gasteiger partial charge on any atom is 0.416 e. The molecule has 0 aliphatic rings. The number of halogens is 4. The Bertz CT molecular complexity index is 1280. The summed E-state index contributed by atoms with van der Waals surface area (Å²) in [6.45, 7) is 3.85. The Morgan fingerprint density at radius 2 is 1.74 bits per heavy atom. The number of hydrogen-bond acceptors (Lipinski definition) is 3. The van der Waals surface area contributed by atoms with Gasteiger partial charge in [0.25, 0.3) is 5.56 Å². The number of benzene rings is 2. The Hall–Kier alpha value is -3.00. The molecule has 9 heteroatoms. The molecule has 3 rings (SSSR count). The molecular weight excluding hydrogens is 469 g/mol. The summed E-state index contributed by atoms with van der Waals surface area (Å²) in [7, 11) is 1.43. The number of nitrogens with zero attached hydrogens (tertiary/aromatic N) is 2. The number of methoxy groups -OCH3 is 1. The molecule has 0 N–H and O–H groups in total. The van der Waals surface area contributed by atoms with Crippen LogP contribution < -0.4 is 16.0 Å². The largest absolute Gasteiger partial charge is 0.495 e. The molecular formula is C25H26ClF3N2O3. The van der Waals surface area contributed by atoms with Gasteiger partial charge in [0, 0.05) is 18.3 Å². The minimum Gasteiger partial charge on any atom is -0.495 e. The molecule has 0 fully saturated rings. The lowest BCUT2D eigenvalue weighted by molar-refractivity contribution is -0.138. The van der Waals surface area contributed by atoms with Gasteiger partial charge < -0.3 is 4.74 Å². The summed E-state index contributed by atoms with van der Waals surface area (Å²) in [5, 5.41) is 0.178. The summed E-state index contributed by atoms with van der Waals surface area (Å²) in [6.07, 6.45) is -1.95. The van der Waals surface area contributed by atoms with Crippen LogP contribution in [0.2, 0.25) is 5.02 Å². The van der Waals surface area contributed by atoms with Gasteiger partial charge in [0.1, 0.15) is 5.75 Å². The SMILES string of the molecule is COc1cccc(-c2cn(Cc3ccccc3C(F)(F)F)c(=O)n(CCCC(C)C)c2=O)c1Cl. The van der Waals surface area contributed by atoms with Gasteiger partial charge in [-0.25, -0.2) is 4.79 Å². The Kier molecular flexibility index (Phi) is 7.92. The molecule has 0 saturated carbocycles. The molecule has 0 aliphatic heterocycles. The first-order valence-corrected chi connectivity index (χ1v) is 11.2. The lowest BCUT2D eigenvalue weighted by Crippen LogP contribution is -2.40. The van der Waals surface area contributed by atoms with Crippen molar-refractivity contribution in [3.63, 3.8) is 0 Å². The summed E-state index contributed by atoms with van der Waals surface area (Å²) in [5.74, 6) is 0.706. The zero-order valence-corrected chi connectivity index (χ0v) is 19.9. The Morgan fingerprint density at radius 1 is 1.03 bits per heavy atom. The van der Waals surface area contributed by atoms with E-state index in [1.165, 1.54) is 31.5 Å². The van der Waals surface area contributed by atoms with Crippen molar-refractivity contribution in [2.75, 3.05) is 7.11 Å². The highest BCUT2D eigenvalue weighted by molar-refractivity contribution is 6.34. The van der Waals surface area contributed by atoms with E-state index in [0.717, 1.165) is 21.6 Å². The van der Waals surface area contributed by atoms with E-state index in [1.807, 2.05) is 13.8 Å². The fraction of sp³-hybridized carbons (Fsp3) is 0.360. The van der Waals surface area contributed by atoms with Crippen LogP contribution in [-0.4, -0.2) is 16.2 Å². The standard InChI is InChI=1S/C25H26ClF3N2O3/c1-16(2)8-7-13-31-23(32)19(18-10-6-12-21(34-3)22(18)26)15-30(24(31)33)14-17-9-4-5-11-20(17)25(27,28)29/h4-6,9-12,15-16H,7-8,13-14H2,1-3H3. The molecule has 0 spiro atoms. The predicted octanol–water partition coefficient (Wildman–Crippen LogP) is 5.84. The maximum atomic E-state index is 13.5. The third kappa shape index (κ3) is 5.55. The molecule has 0 bridgehead atoms. The fourth-order valence-corrected chi connectivity index (χ4v) is 4.11. The van der Waals surface area contributed by atoms with Crippen molar-refractivity contribution in [3.05, 3.63) is 85.6 Å². The second kappa shape index (κ2) is 10.5. The lowest BCUT2D eigenvalue weighted by atomic mass is 10.1. The minimum atomic E-state index is -4.58. The summed E-state index contributed by atoms with van der Waals surface area (Å²) in [6, 6.07) is 9.95. The van der Waals surface area contributed by atoms with Gasteiger partial charge in [-0.3, -0.25) is 13.9 Å². The lowest BCUT2D eigenvalue weighted by Gasteiger charge is -2.17. The monoisotopic (exact) mass is 494 g/mol. The quantitative estimate of drug-likeness (QED) is 0.395. The van der Waals surface area contributed by atoms with Crippen molar-refractivity contribution in [1.29, 1.82) is 0 Å². The molecule has 0 atom stereocenters. The number of aromatic nitrogens is 2. The van der Waals surface area contributed by atoms with E-state index < -0.39 is 23.0 Å². The van der Waals surface area contributed by atoms with E-state index in [1.54, 1.807) is 18.2 Å². The Labute approximate surface area is 200 Å². The molecule has 0 saturated heterocycles. The second-order valence-electron chi connectivity index (χ2n) is 8.42. The minimum absolute atomic E-state index is 0.0767. The summed E-state index contributed by atoms with van der Waals surface area (Å²) in [4.78, 5) is 26.5. The van der Waals surface area contributed by atoms with Gasteiger partial charge in [-0.2, -0.15) is 13.2 Å². The number of hydrogen-bond donors (Lipinski definition) is 0. The summed E-state index contributed by atoms with van der Waals surface area (Å²) < 4.78 is 48.1. The van der Waals surface area contributed by atoms with Gasteiger partial charge in [-0.15, -0.1) is 0 Å². The first-order valence-electron chi connectivity index (χ1n) is 10.9. The first-order chi connectivity index (χ1) is 16.0. The van der Waals surface area contributed by atoms with Gasteiger partial charge in [0.05, 0.1) is 29.8 Å². The Balaban J connectivity index is 2.20. The number of alkyl halides is 3. The molecule has 0 amide bonds. The van der Waals surface area contributed by atoms with Gasteiger partial charge in [0.2, 0.25) is 0 Å². The predicted molar refractivity (Wildman–Crippen MR) is 127 cm³/mol. The van der Waals surface area contributed by atoms with Crippen LogP contribution in [0.4, 0.5) is 13.2 Å². The van der Waals surface area contributed by atoms with E-state index >= 15 is 0 Å². The molecule has 5 nitrogen and oxygen atoms in total. The smallest absolute Gasteiger partial charge is 0.416 e. The van der Waals surface area contributed by atoms with Crippen molar-refractivity contribution in [1.82, 2.24) is 9.13 Å². The fourth-order valence-electron chi connectivity index (χ4n) is 3.80. The number of ether oxygens (including phenoxy) is 1. The highest BCUT2D eigenvalue weighted by Crippen LogP contribution is 2.34. The summed E-state index contributed by atoms with van der Waals surface area (Å²) >= 11 is 6.44. The van der Waals surface area contributed by atoms with Crippen molar-refractivity contribution >= 4 is 11.6 Å². The van der Waals surface area contributed by atoms with E-state index in [2.05, 4.69) is 0 Å². The van der Waals surface area contributed by atoms with Crippen LogP contribution in [0.1, 0.15) is 37.8 Å². The zero-order valence-electron chi connectivity index (χ0n) is 19.2. The number of rotatable bonds is 8. The highest BCUT2D eigenvalue weighted by Gasteiger charge is 2.33. The van der Waals surface area contributed by atoms with E-state index in [4.69, 9.17) is 16.3 Å². The third-order valence-electron chi connectivity index (χ3n) is 5.54. The summed E-state index contributed by atoms with van der Waals surface area (Å²) in [5.41, 5.74) is -1.69. The average molecular weight is 495 g/mol. The molecule has 1 heterocycles. The van der Waals surface area contributed by atoms with Gasteiger partial charge in [-0.05, 0) is 36.5 Å². The molecule has 0 unspecified atom stereocenters. The van der Waals surface area contributed by atoms with Crippen LogP contribution >= 0.6 is 11.6 Å². The normalized spacial score (nSPS) is 11.8. The molecule has 182 valence electrons. The van der Waals surface area contributed by atoms with Gasteiger partial charge in [-0.1, -0.05) is 55.8 Å². The van der Waals surface area contributed by atoms with Crippen LogP contribution in [-0.2, 0) is 19.3 Å². The molecule has 0 radical (unpaired) electrons. The average Bonchev–Trinajstić information content (AvgIpc) is 2.78. The van der Waals surface area contributed by atoms with Crippen molar-refractivity contribution < 1.29 is 17.9 Å². The van der Waals surface area contributed by atoms with Crippen molar-refractivity contribution in [3.8, 4) is 16.9 Å². The van der Waals surface area contributed by atoms with E-state index in [9.17, 15) is 22.8 Å². The molecule has 34 heavy (non-hydrogen) atoms. The first kappa shape index (κ1) is 25.6. The van der Waals surface area contributed by atoms with Gasteiger partial charge >= 0.3 is 11.9 Å². The molecule has 3 aromatic rings. The van der Waals surface area contributed by atoms with Crippen molar-refractivity contribution in [2.24, 2.45) is 5.92 Å². The van der Waals surface area contributed by atoms with E-state index in [-0.39, 0.29) is 29.2 Å². The zero-order chi connectivity index (χ0) is 25.0. The van der Waals surface area contributed by atoms with Crippen LogP contribution in [0.3, 0.4) is 0 Å². The van der Waals surface area contributed by atoms with Crippen LogP contribution in [0, 0.1) is 5.92 Å². The van der Waals surface area contributed by atoms with Crippen molar-refractivity contribution in [2.45, 2.75) is 46.0 Å². The molecule has 0 aliphatic carbocycles. The second-order valence-corrected chi connectivity index (χ2v) is 8.80. The third-order valence-corrected chi connectivity index (χ3v) is 5.93. The molecule has 1 aromatic heterocycles. The highest BCUT2D eigenvalue weighted by atomic mass is 35.5.